The van der Waals surface area contributed by atoms with E-state index in [9.17, 15) is 13.2 Å². The van der Waals surface area contributed by atoms with Crippen molar-refractivity contribution in [2.45, 2.75) is 31.9 Å². The Morgan fingerprint density at radius 3 is 2.31 bits per heavy atom. The van der Waals surface area contributed by atoms with Crippen LogP contribution in [-0.4, -0.2) is 26.2 Å². The van der Waals surface area contributed by atoms with Gasteiger partial charge in [-0.15, -0.1) is 0 Å². The molecule has 0 aliphatic heterocycles. The van der Waals surface area contributed by atoms with Crippen LogP contribution in [0.25, 0.3) is 0 Å². The highest BCUT2D eigenvalue weighted by Gasteiger charge is 2.31. The van der Waals surface area contributed by atoms with E-state index < -0.39 is 20.3 Å². The van der Waals surface area contributed by atoms with Gasteiger partial charge in [0.15, 0.2) is 5.25 Å². The zero-order valence-electron chi connectivity index (χ0n) is 7.62. The Balaban J connectivity index is 4.52. The van der Waals surface area contributed by atoms with Gasteiger partial charge in [0.25, 0.3) is 0 Å². The molecular formula is C7H13ClO4S. The molecule has 0 aliphatic rings. The van der Waals surface area contributed by atoms with Gasteiger partial charge < -0.3 is 4.74 Å². The average molecular weight is 229 g/mol. The molecule has 0 saturated heterocycles. The quantitative estimate of drug-likeness (QED) is 0.526. The van der Waals surface area contributed by atoms with Gasteiger partial charge in [-0.25, -0.2) is 8.42 Å². The smallest absolute Gasteiger partial charge is 0.325 e. The maximum Gasteiger partial charge on any atom is 0.325 e. The summed E-state index contributed by atoms with van der Waals surface area (Å²) in [6, 6.07) is 0. The van der Waals surface area contributed by atoms with Crippen LogP contribution in [0.4, 0.5) is 0 Å². The molecule has 0 aromatic heterocycles. The second-order valence-corrected chi connectivity index (χ2v) is 5.32. The van der Waals surface area contributed by atoms with Gasteiger partial charge in [0.05, 0.1) is 6.61 Å². The number of carbonyl (C=O) groups excluding carboxylic acids is 1. The van der Waals surface area contributed by atoms with E-state index in [2.05, 4.69) is 4.74 Å². The maximum absolute atomic E-state index is 11.1. The van der Waals surface area contributed by atoms with E-state index in [1.807, 2.05) is 0 Å². The van der Waals surface area contributed by atoms with Crippen LogP contribution in [0, 0.1) is 0 Å². The Kier molecular flexibility index (Phi) is 5.32. The molecule has 1 atom stereocenters. The zero-order chi connectivity index (χ0) is 10.5. The van der Waals surface area contributed by atoms with Crippen LogP contribution < -0.4 is 0 Å². The van der Waals surface area contributed by atoms with Crippen molar-refractivity contribution in [3.63, 3.8) is 0 Å². The van der Waals surface area contributed by atoms with E-state index in [-0.39, 0.29) is 13.0 Å². The summed E-state index contributed by atoms with van der Waals surface area (Å²) in [5, 5.41) is -1.22. The van der Waals surface area contributed by atoms with Gasteiger partial charge in [0.2, 0.25) is 9.05 Å². The highest BCUT2D eigenvalue weighted by Crippen LogP contribution is 2.14. The van der Waals surface area contributed by atoms with Crippen molar-refractivity contribution in [1.82, 2.24) is 0 Å². The monoisotopic (exact) mass is 228 g/mol. The Bertz CT molecular complexity index is 260. The van der Waals surface area contributed by atoms with E-state index in [0.29, 0.717) is 6.42 Å². The predicted molar refractivity (Wildman–Crippen MR) is 50.1 cm³/mol. The van der Waals surface area contributed by atoms with Crippen LogP contribution in [0.3, 0.4) is 0 Å². The third-order valence-corrected chi connectivity index (χ3v) is 3.19. The summed E-state index contributed by atoms with van der Waals surface area (Å²) in [6.07, 6.45) is 0.764. The van der Waals surface area contributed by atoms with E-state index >= 15 is 0 Å². The molecule has 0 N–H and O–H groups in total. The van der Waals surface area contributed by atoms with Crippen LogP contribution >= 0.6 is 10.7 Å². The van der Waals surface area contributed by atoms with Crippen LogP contribution in [0.5, 0.6) is 0 Å². The number of halogens is 1. The van der Waals surface area contributed by atoms with Crippen molar-refractivity contribution in [1.29, 1.82) is 0 Å². The molecule has 0 aliphatic carbocycles. The predicted octanol–water partition coefficient (Wildman–Crippen LogP) is 1.29. The summed E-state index contributed by atoms with van der Waals surface area (Å²) >= 11 is 0. The summed E-state index contributed by atoms with van der Waals surface area (Å²) in [4.78, 5) is 11.1. The maximum atomic E-state index is 11.1. The largest absolute Gasteiger partial charge is 0.465 e. The summed E-state index contributed by atoms with van der Waals surface area (Å²) in [5.74, 6) is -0.764. The number of rotatable bonds is 5. The lowest BCUT2D eigenvalue weighted by atomic mass is 10.2. The van der Waals surface area contributed by atoms with Crippen molar-refractivity contribution >= 4 is 25.7 Å². The number of hydrogen-bond acceptors (Lipinski definition) is 4. The molecule has 0 aromatic carbocycles. The molecule has 0 amide bonds. The first kappa shape index (κ1) is 12.7. The molecular weight excluding hydrogens is 216 g/mol. The van der Waals surface area contributed by atoms with Gasteiger partial charge in [-0.05, 0) is 13.3 Å². The van der Waals surface area contributed by atoms with Gasteiger partial charge in [-0.2, -0.15) is 0 Å². The number of carbonyl (C=O) groups is 1. The van der Waals surface area contributed by atoms with Crippen molar-refractivity contribution in [3.05, 3.63) is 0 Å². The fourth-order valence-corrected chi connectivity index (χ4v) is 2.17. The Hall–Kier alpha value is -0.290. The highest BCUT2D eigenvalue weighted by atomic mass is 35.7. The number of ether oxygens (including phenoxy) is 1. The summed E-state index contributed by atoms with van der Waals surface area (Å²) < 4.78 is 26.4. The zero-order valence-corrected chi connectivity index (χ0v) is 9.19. The first-order chi connectivity index (χ1) is 5.93. The lowest BCUT2D eigenvalue weighted by molar-refractivity contribution is -0.142. The molecule has 0 fully saturated rings. The van der Waals surface area contributed by atoms with E-state index in [0.717, 1.165) is 0 Å². The fraction of sp³-hybridized carbons (Fsp3) is 0.857. The van der Waals surface area contributed by atoms with Crippen molar-refractivity contribution in [3.8, 4) is 0 Å². The molecule has 0 bridgehead atoms. The molecule has 0 aromatic rings. The lowest BCUT2D eigenvalue weighted by Crippen LogP contribution is -2.28. The molecule has 0 radical (unpaired) electrons. The molecule has 0 rings (SSSR count). The second kappa shape index (κ2) is 5.44. The molecule has 1 unspecified atom stereocenters. The minimum Gasteiger partial charge on any atom is -0.465 e. The molecule has 13 heavy (non-hydrogen) atoms. The van der Waals surface area contributed by atoms with Crippen molar-refractivity contribution < 1.29 is 17.9 Å². The minimum absolute atomic E-state index is 0.158. The van der Waals surface area contributed by atoms with Gasteiger partial charge >= 0.3 is 5.97 Å². The molecule has 78 valence electrons. The topological polar surface area (TPSA) is 60.4 Å². The van der Waals surface area contributed by atoms with E-state index in [4.69, 9.17) is 10.7 Å². The standard InChI is InChI=1S/C7H13ClO4S/c1-3-5-6(13(8,10)11)7(9)12-4-2/h6H,3-5H2,1-2H3. The highest BCUT2D eigenvalue weighted by molar-refractivity contribution is 8.14. The van der Waals surface area contributed by atoms with Crippen LogP contribution in [0.1, 0.15) is 26.7 Å². The van der Waals surface area contributed by atoms with Gasteiger partial charge in [-0.1, -0.05) is 13.3 Å². The van der Waals surface area contributed by atoms with Crippen LogP contribution in [-0.2, 0) is 18.6 Å². The second-order valence-electron chi connectivity index (χ2n) is 2.50. The first-order valence-electron chi connectivity index (χ1n) is 4.03. The van der Waals surface area contributed by atoms with Crippen LogP contribution in [0.15, 0.2) is 0 Å². The lowest BCUT2D eigenvalue weighted by Gasteiger charge is -2.10. The third kappa shape index (κ3) is 4.47. The summed E-state index contributed by atoms with van der Waals surface area (Å²) in [7, 11) is 1.23. The van der Waals surface area contributed by atoms with Gasteiger partial charge in [-0.3, -0.25) is 4.79 Å². The number of esters is 1. The minimum atomic E-state index is -3.85. The van der Waals surface area contributed by atoms with Gasteiger partial charge in [0.1, 0.15) is 0 Å². The normalized spacial score (nSPS) is 13.8. The Morgan fingerprint density at radius 2 is 2.00 bits per heavy atom. The summed E-state index contributed by atoms with van der Waals surface area (Å²) in [6.45, 7) is 3.54. The van der Waals surface area contributed by atoms with Crippen molar-refractivity contribution in [2.24, 2.45) is 0 Å². The van der Waals surface area contributed by atoms with E-state index in [1.54, 1.807) is 13.8 Å². The summed E-state index contributed by atoms with van der Waals surface area (Å²) in [5.41, 5.74) is 0. The van der Waals surface area contributed by atoms with Crippen LogP contribution in [0.2, 0.25) is 0 Å². The fourth-order valence-electron chi connectivity index (χ4n) is 0.871. The third-order valence-electron chi connectivity index (χ3n) is 1.44. The Labute approximate surface area is 82.6 Å². The van der Waals surface area contributed by atoms with Gasteiger partial charge in [0, 0.05) is 10.7 Å². The van der Waals surface area contributed by atoms with Crippen molar-refractivity contribution in [2.75, 3.05) is 6.61 Å². The molecule has 6 heteroatoms. The average Bonchev–Trinajstić information content (AvgIpc) is 1.98. The molecule has 0 spiro atoms. The van der Waals surface area contributed by atoms with E-state index in [1.165, 1.54) is 0 Å². The first-order valence-corrected chi connectivity index (χ1v) is 6.40. The number of hydrogen-bond donors (Lipinski definition) is 0. The molecule has 0 saturated carbocycles. The Morgan fingerprint density at radius 1 is 1.46 bits per heavy atom. The molecule has 4 nitrogen and oxygen atoms in total. The SMILES string of the molecule is CCCC(C(=O)OCC)S(=O)(=O)Cl. The molecule has 0 heterocycles.